The minimum Gasteiger partial charge on any atom is -0.478 e. The highest BCUT2D eigenvalue weighted by atomic mass is 32.2. The molecule has 1 rings (SSSR count). The molecule has 4 heteroatoms. The van der Waals surface area contributed by atoms with Crippen LogP contribution in [-0.2, 0) is 0 Å². The van der Waals surface area contributed by atoms with Crippen molar-refractivity contribution in [2.45, 2.75) is 11.8 Å². The normalized spacial score (nSPS) is 9.92. The molecule has 1 aromatic rings. The van der Waals surface area contributed by atoms with Gasteiger partial charge in [-0.15, -0.1) is 11.8 Å². The van der Waals surface area contributed by atoms with Gasteiger partial charge in [0.25, 0.3) is 0 Å². The molecule has 0 aliphatic heterocycles. The van der Waals surface area contributed by atoms with Gasteiger partial charge in [0, 0.05) is 11.0 Å². The van der Waals surface area contributed by atoms with Crippen LogP contribution in [-0.4, -0.2) is 17.8 Å². The molecule has 0 aromatic carbocycles. The van der Waals surface area contributed by atoms with Gasteiger partial charge in [0.2, 0.25) is 5.88 Å². The number of hydrogen-bond acceptors (Lipinski definition) is 3. The zero-order chi connectivity index (χ0) is 8.97. The predicted octanol–water partition coefficient (Wildman–Crippen LogP) is 2.34. The number of thioether (sulfide) groups is 1. The van der Waals surface area contributed by atoms with Crippen LogP contribution in [0, 0.1) is 5.82 Å². The van der Waals surface area contributed by atoms with Crippen LogP contribution in [0.3, 0.4) is 0 Å². The average molecular weight is 187 g/mol. The van der Waals surface area contributed by atoms with E-state index in [4.69, 9.17) is 4.74 Å². The summed E-state index contributed by atoms with van der Waals surface area (Å²) in [5.74, 6) is 0.175. The SMILES string of the molecule is CCOc1cc(SC)c(F)cn1. The van der Waals surface area contributed by atoms with Crippen molar-refractivity contribution in [1.82, 2.24) is 4.98 Å². The van der Waals surface area contributed by atoms with Crippen LogP contribution in [0.4, 0.5) is 4.39 Å². The topological polar surface area (TPSA) is 22.1 Å². The molecule has 0 amide bonds. The van der Waals surface area contributed by atoms with Crippen LogP contribution in [0.25, 0.3) is 0 Å². The summed E-state index contributed by atoms with van der Waals surface area (Å²) in [6.45, 7) is 2.41. The highest BCUT2D eigenvalue weighted by Gasteiger charge is 2.03. The lowest BCUT2D eigenvalue weighted by Gasteiger charge is -2.03. The van der Waals surface area contributed by atoms with Crippen molar-refractivity contribution >= 4 is 11.8 Å². The van der Waals surface area contributed by atoms with Crippen LogP contribution < -0.4 is 4.74 Å². The van der Waals surface area contributed by atoms with Gasteiger partial charge in [0.15, 0.2) is 5.82 Å². The Morgan fingerprint density at radius 3 is 3.00 bits per heavy atom. The fraction of sp³-hybridized carbons (Fsp3) is 0.375. The van der Waals surface area contributed by atoms with Crippen molar-refractivity contribution in [3.05, 3.63) is 18.1 Å². The lowest BCUT2D eigenvalue weighted by atomic mass is 10.4. The van der Waals surface area contributed by atoms with Crippen molar-refractivity contribution in [2.24, 2.45) is 0 Å². The van der Waals surface area contributed by atoms with Crippen LogP contribution in [0.1, 0.15) is 6.92 Å². The summed E-state index contributed by atoms with van der Waals surface area (Å²) in [7, 11) is 0. The molecule has 0 spiro atoms. The minimum atomic E-state index is -0.300. The molecule has 0 saturated heterocycles. The molecule has 1 aromatic heterocycles. The molecule has 0 aliphatic carbocycles. The molecule has 0 atom stereocenters. The van der Waals surface area contributed by atoms with Gasteiger partial charge in [-0.3, -0.25) is 0 Å². The quantitative estimate of drug-likeness (QED) is 0.678. The van der Waals surface area contributed by atoms with E-state index >= 15 is 0 Å². The Bertz CT molecular complexity index is 267. The first kappa shape index (κ1) is 9.32. The van der Waals surface area contributed by atoms with Gasteiger partial charge < -0.3 is 4.74 Å². The molecule has 0 fully saturated rings. The van der Waals surface area contributed by atoms with E-state index in [0.29, 0.717) is 17.4 Å². The maximum Gasteiger partial charge on any atom is 0.214 e. The second kappa shape index (κ2) is 4.30. The Hall–Kier alpha value is -0.770. The van der Waals surface area contributed by atoms with Crippen LogP contribution >= 0.6 is 11.8 Å². The molecular formula is C8H10FNOS. The third-order valence-corrected chi connectivity index (χ3v) is 2.06. The van der Waals surface area contributed by atoms with Crippen molar-refractivity contribution in [2.75, 3.05) is 12.9 Å². The number of pyridine rings is 1. The summed E-state index contributed by atoms with van der Waals surface area (Å²) in [6, 6.07) is 1.60. The summed E-state index contributed by atoms with van der Waals surface area (Å²) < 4.78 is 18.0. The maximum atomic E-state index is 12.9. The second-order valence-electron chi connectivity index (χ2n) is 2.09. The monoisotopic (exact) mass is 187 g/mol. The minimum absolute atomic E-state index is 0.300. The second-order valence-corrected chi connectivity index (χ2v) is 2.94. The zero-order valence-corrected chi connectivity index (χ0v) is 7.82. The number of halogens is 1. The molecule has 2 nitrogen and oxygen atoms in total. The number of nitrogens with zero attached hydrogens (tertiary/aromatic N) is 1. The van der Waals surface area contributed by atoms with E-state index in [1.54, 1.807) is 6.07 Å². The van der Waals surface area contributed by atoms with Gasteiger partial charge in [0.1, 0.15) is 0 Å². The van der Waals surface area contributed by atoms with E-state index in [0.717, 1.165) is 0 Å². The molecule has 1 heterocycles. The smallest absolute Gasteiger partial charge is 0.214 e. The number of rotatable bonds is 3. The van der Waals surface area contributed by atoms with E-state index in [-0.39, 0.29) is 5.82 Å². The van der Waals surface area contributed by atoms with E-state index in [1.807, 2.05) is 13.2 Å². The Morgan fingerprint density at radius 1 is 1.67 bits per heavy atom. The molecule has 0 bridgehead atoms. The Labute approximate surface area is 75.1 Å². The summed E-state index contributed by atoms with van der Waals surface area (Å²) in [5, 5.41) is 0. The summed E-state index contributed by atoms with van der Waals surface area (Å²) >= 11 is 1.34. The third kappa shape index (κ3) is 2.11. The van der Waals surface area contributed by atoms with Crippen molar-refractivity contribution in [1.29, 1.82) is 0 Å². The highest BCUT2D eigenvalue weighted by molar-refractivity contribution is 7.98. The first-order chi connectivity index (χ1) is 5.77. The van der Waals surface area contributed by atoms with E-state index < -0.39 is 0 Å². The van der Waals surface area contributed by atoms with E-state index in [2.05, 4.69) is 4.98 Å². The van der Waals surface area contributed by atoms with Crippen molar-refractivity contribution in [3.63, 3.8) is 0 Å². The molecule has 66 valence electrons. The lowest BCUT2D eigenvalue weighted by molar-refractivity contribution is 0.324. The van der Waals surface area contributed by atoms with Crippen LogP contribution in [0.2, 0.25) is 0 Å². The predicted molar refractivity (Wildman–Crippen MR) is 47.1 cm³/mol. The molecular weight excluding hydrogens is 177 g/mol. The summed E-state index contributed by atoms with van der Waals surface area (Å²) in [4.78, 5) is 4.33. The van der Waals surface area contributed by atoms with Crippen molar-refractivity contribution in [3.8, 4) is 5.88 Å². The highest BCUT2D eigenvalue weighted by Crippen LogP contribution is 2.21. The largest absolute Gasteiger partial charge is 0.478 e. The van der Waals surface area contributed by atoms with E-state index in [1.165, 1.54) is 18.0 Å². The molecule has 0 aliphatic rings. The Kier molecular flexibility index (Phi) is 3.34. The van der Waals surface area contributed by atoms with Gasteiger partial charge in [-0.25, -0.2) is 9.37 Å². The fourth-order valence-corrected chi connectivity index (χ4v) is 1.25. The first-order valence-electron chi connectivity index (χ1n) is 3.60. The molecule has 12 heavy (non-hydrogen) atoms. The maximum absolute atomic E-state index is 12.9. The van der Waals surface area contributed by atoms with Crippen LogP contribution in [0.15, 0.2) is 17.2 Å². The third-order valence-electron chi connectivity index (χ3n) is 1.31. The van der Waals surface area contributed by atoms with Gasteiger partial charge in [-0.05, 0) is 13.2 Å². The van der Waals surface area contributed by atoms with Crippen molar-refractivity contribution < 1.29 is 9.13 Å². The lowest BCUT2D eigenvalue weighted by Crippen LogP contribution is -1.95. The van der Waals surface area contributed by atoms with Gasteiger partial charge >= 0.3 is 0 Å². The number of hydrogen-bond donors (Lipinski definition) is 0. The molecule has 0 radical (unpaired) electrons. The van der Waals surface area contributed by atoms with Gasteiger partial charge in [0.05, 0.1) is 12.8 Å². The van der Waals surface area contributed by atoms with Gasteiger partial charge in [-0.1, -0.05) is 0 Å². The molecule has 0 N–H and O–H groups in total. The number of aromatic nitrogens is 1. The number of ether oxygens (including phenoxy) is 1. The fourth-order valence-electron chi connectivity index (χ4n) is 0.786. The van der Waals surface area contributed by atoms with E-state index in [9.17, 15) is 4.39 Å². The van der Waals surface area contributed by atoms with Crippen LogP contribution in [0.5, 0.6) is 5.88 Å². The summed E-state index contributed by atoms with van der Waals surface area (Å²) in [6.07, 6.45) is 2.99. The Morgan fingerprint density at radius 2 is 2.42 bits per heavy atom. The standard InChI is InChI=1S/C8H10FNOS/c1-3-11-8-4-7(12-2)6(9)5-10-8/h4-5H,3H2,1-2H3. The Balaban J connectivity index is 2.89. The first-order valence-corrected chi connectivity index (χ1v) is 4.82. The zero-order valence-electron chi connectivity index (χ0n) is 7.00. The molecule has 0 unspecified atom stereocenters. The average Bonchev–Trinajstić information content (AvgIpc) is 2.09. The molecule has 0 saturated carbocycles. The van der Waals surface area contributed by atoms with Gasteiger partial charge in [-0.2, -0.15) is 0 Å². The summed E-state index contributed by atoms with van der Waals surface area (Å²) in [5.41, 5.74) is 0.